The van der Waals surface area contributed by atoms with Crippen molar-refractivity contribution in [2.45, 2.75) is 26.4 Å². The lowest BCUT2D eigenvalue weighted by molar-refractivity contribution is 0.523. The average Bonchev–Trinajstić information content (AvgIpc) is 2.70. The van der Waals surface area contributed by atoms with Crippen molar-refractivity contribution in [1.82, 2.24) is 14.3 Å². The Balaban J connectivity index is 2.14. The van der Waals surface area contributed by atoms with Crippen molar-refractivity contribution in [1.29, 1.82) is 0 Å². The topological polar surface area (TPSA) is 39.8 Å². The molecule has 0 radical (unpaired) electrons. The van der Waals surface area contributed by atoms with Gasteiger partial charge in [-0.05, 0) is 19.9 Å². The third-order valence-electron chi connectivity index (χ3n) is 2.40. The van der Waals surface area contributed by atoms with Crippen LogP contribution in [-0.2, 0) is 6.54 Å². The van der Waals surface area contributed by atoms with Crippen LogP contribution in [0.1, 0.15) is 25.6 Å². The van der Waals surface area contributed by atoms with Crippen molar-refractivity contribution in [2.75, 3.05) is 0 Å². The highest BCUT2D eigenvalue weighted by Crippen LogP contribution is 2.05. The van der Waals surface area contributed by atoms with Crippen LogP contribution < -0.4 is 5.43 Å². The lowest BCUT2D eigenvalue weighted by Gasteiger charge is -2.05. The van der Waals surface area contributed by atoms with Gasteiger partial charge in [0.25, 0.3) is 0 Å². The van der Waals surface area contributed by atoms with Crippen molar-refractivity contribution in [3.8, 4) is 0 Å². The Morgan fingerprint density at radius 3 is 2.44 bits per heavy atom. The van der Waals surface area contributed by atoms with Crippen LogP contribution in [0.15, 0.2) is 41.6 Å². The maximum Gasteiger partial charge on any atom is 0.181 e. The summed E-state index contributed by atoms with van der Waals surface area (Å²) in [5, 5.41) is 4.45. The van der Waals surface area contributed by atoms with Gasteiger partial charge in [0.15, 0.2) is 5.43 Å². The van der Waals surface area contributed by atoms with Gasteiger partial charge in [-0.3, -0.25) is 9.48 Å². The molecule has 0 spiro atoms. The number of rotatable bonds is 3. The van der Waals surface area contributed by atoms with E-state index in [0.29, 0.717) is 12.6 Å². The molecule has 0 saturated carbocycles. The Bertz CT molecular complexity index is 505. The molecule has 0 atom stereocenters. The fourth-order valence-electron chi connectivity index (χ4n) is 1.49. The molecule has 2 rings (SSSR count). The van der Waals surface area contributed by atoms with Crippen molar-refractivity contribution in [3.05, 3.63) is 52.7 Å². The zero-order valence-corrected chi connectivity index (χ0v) is 9.50. The molecule has 84 valence electrons. The Labute approximate surface area is 94.1 Å². The Kier molecular flexibility index (Phi) is 2.90. The van der Waals surface area contributed by atoms with Gasteiger partial charge in [-0.25, -0.2) is 0 Å². The van der Waals surface area contributed by atoms with Gasteiger partial charge >= 0.3 is 0 Å². The lowest BCUT2D eigenvalue weighted by Crippen LogP contribution is -2.06. The monoisotopic (exact) mass is 217 g/mol. The highest BCUT2D eigenvalue weighted by Gasteiger charge is 2.01. The maximum atomic E-state index is 10.9. The molecule has 0 amide bonds. The summed E-state index contributed by atoms with van der Waals surface area (Å²) in [4.78, 5) is 10.9. The van der Waals surface area contributed by atoms with Crippen LogP contribution in [0.4, 0.5) is 0 Å². The molecular weight excluding hydrogens is 202 g/mol. The highest BCUT2D eigenvalue weighted by molar-refractivity contribution is 5.02. The second kappa shape index (κ2) is 4.35. The van der Waals surface area contributed by atoms with Gasteiger partial charge in [0.05, 0.1) is 12.2 Å². The van der Waals surface area contributed by atoms with Gasteiger partial charge in [-0.15, -0.1) is 0 Å². The second-order valence-corrected chi connectivity index (χ2v) is 4.09. The number of aromatic nitrogens is 3. The standard InChI is InChI=1S/C12H15N3O/c1-10(2)15-8-3-11(13-15)9-14-6-4-12(16)5-7-14/h3-8,10H,9H2,1-2H3. The van der Waals surface area contributed by atoms with Crippen LogP contribution in [0.3, 0.4) is 0 Å². The molecule has 0 aliphatic rings. The minimum absolute atomic E-state index is 0.0314. The Morgan fingerprint density at radius 1 is 1.19 bits per heavy atom. The maximum absolute atomic E-state index is 10.9. The first-order valence-corrected chi connectivity index (χ1v) is 5.35. The van der Waals surface area contributed by atoms with Gasteiger partial charge in [-0.1, -0.05) is 0 Å². The van der Waals surface area contributed by atoms with Crippen LogP contribution in [0.25, 0.3) is 0 Å². The summed E-state index contributed by atoms with van der Waals surface area (Å²) in [5.74, 6) is 0. The summed E-state index contributed by atoms with van der Waals surface area (Å²) in [6, 6.07) is 5.49. The van der Waals surface area contributed by atoms with Crippen LogP contribution in [0, 0.1) is 0 Å². The minimum atomic E-state index is 0.0314. The van der Waals surface area contributed by atoms with E-state index in [1.54, 1.807) is 24.5 Å². The first-order chi connectivity index (χ1) is 7.65. The summed E-state index contributed by atoms with van der Waals surface area (Å²) in [7, 11) is 0. The minimum Gasteiger partial charge on any atom is -0.348 e. The van der Waals surface area contributed by atoms with Gasteiger partial charge in [-0.2, -0.15) is 5.10 Å². The summed E-state index contributed by atoms with van der Waals surface area (Å²) in [6.45, 7) is 4.88. The van der Waals surface area contributed by atoms with E-state index in [0.717, 1.165) is 5.69 Å². The predicted octanol–water partition coefficient (Wildman–Crippen LogP) is 1.67. The van der Waals surface area contributed by atoms with Crippen molar-refractivity contribution in [2.24, 2.45) is 0 Å². The largest absolute Gasteiger partial charge is 0.348 e. The van der Waals surface area contributed by atoms with E-state index in [-0.39, 0.29) is 5.43 Å². The molecule has 0 saturated heterocycles. The predicted molar refractivity (Wildman–Crippen MR) is 62.4 cm³/mol. The van der Waals surface area contributed by atoms with E-state index >= 15 is 0 Å². The van der Waals surface area contributed by atoms with Gasteiger partial charge in [0, 0.05) is 36.8 Å². The number of pyridine rings is 1. The van der Waals surface area contributed by atoms with Crippen molar-refractivity contribution in [3.63, 3.8) is 0 Å². The molecule has 0 fully saturated rings. The molecule has 0 aromatic carbocycles. The quantitative estimate of drug-likeness (QED) is 0.784. The third-order valence-corrected chi connectivity index (χ3v) is 2.40. The van der Waals surface area contributed by atoms with E-state index in [4.69, 9.17) is 0 Å². The van der Waals surface area contributed by atoms with Gasteiger partial charge < -0.3 is 4.57 Å². The molecule has 16 heavy (non-hydrogen) atoms. The summed E-state index contributed by atoms with van der Waals surface area (Å²) >= 11 is 0. The summed E-state index contributed by atoms with van der Waals surface area (Å²) in [6.07, 6.45) is 5.52. The fourth-order valence-corrected chi connectivity index (χ4v) is 1.49. The summed E-state index contributed by atoms with van der Waals surface area (Å²) in [5.41, 5.74) is 1.03. The SMILES string of the molecule is CC(C)n1ccc(Cn2ccc(=O)cc2)n1. The zero-order valence-electron chi connectivity index (χ0n) is 9.50. The van der Waals surface area contributed by atoms with Crippen molar-refractivity contribution < 1.29 is 0 Å². The van der Waals surface area contributed by atoms with Crippen LogP contribution in [-0.4, -0.2) is 14.3 Å². The second-order valence-electron chi connectivity index (χ2n) is 4.09. The van der Waals surface area contributed by atoms with Crippen LogP contribution in [0.5, 0.6) is 0 Å². The Hall–Kier alpha value is -1.84. The van der Waals surface area contributed by atoms with Gasteiger partial charge in [0.1, 0.15) is 0 Å². The molecule has 2 heterocycles. The van der Waals surface area contributed by atoms with E-state index < -0.39 is 0 Å². The molecule has 0 N–H and O–H groups in total. The lowest BCUT2D eigenvalue weighted by atomic mass is 10.4. The van der Waals surface area contributed by atoms with E-state index in [9.17, 15) is 4.79 Å². The zero-order chi connectivity index (χ0) is 11.5. The van der Waals surface area contributed by atoms with Crippen LogP contribution >= 0.6 is 0 Å². The normalized spacial score (nSPS) is 10.9. The van der Waals surface area contributed by atoms with E-state index in [1.165, 1.54) is 0 Å². The molecule has 4 nitrogen and oxygen atoms in total. The first kappa shape index (κ1) is 10.7. The highest BCUT2D eigenvalue weighted by atomic mass is 16.1. The van der Waals surface area contributed by atoms with E-state index in [1.807, 2.05) is 21.5 Å². The Morgan fingerprint density at radius 2 is 1.88 bits per heavy atom. The molecule has 0 aliphatic heterocycles. The summed E-state index contributed by atoms with van der Waals surface area (Å²) < 4.78 is 3.87. The number of hydrogen-bond acceptors (Lipinski definition) is 2. The molecular formula is C12H15N3O. The smallest absolute Gasteiger partial charge is 0.181 e. The number of hydrogen-bond donors (Lipinski definition) is 0. The van der Waals surface area contributed by atoms with E-state index in [2.05, 4.69) is 18.9 Å². The molecule has 0 bridgehead atoms. The molecule has 2 aromatic rings. The first-order valence-electron chi connectivity index (χ1n) is 5.35. The van der Waals surface area contributed by atoms with Gasteiger partial charge in [0.2, 0.25) is 0 Å². The third kappa shape index (κ3) is 2.39. The number of nitrogens with zero attached hydrogens (tertiary/aromatic N) is 3. The fraction of sp³-hybridized carbons (Fsp3) is 0.333. The molecule has 4 heteroatoms. The molecule has 2 aromatic heterocycles. The van der Waals surface area contributed by atoms with Crippen molar-refractivity contribution >= 4 is 0 Å². The average molecular weight is 217 g/mol. The van der Waals surface area contributed by atoms with Crippen LogP contribution in [0.2, 0.25) is 0 Å². The molecule has 0 unspecified atom stereocenters. The molecule has 0 aliphatic carbocycles.